The number of aryl methyl sites for hydroxylation is 1. The smallest absolute Gasteiger partial charge is 0.343 e. The molecule has 7 aromatic rings. The molecule has 0 saturated heterocycles. The number of aromatic nitrogens is 6. The molecule has 7 rings (SSSR count). The van der Waals surface area contributed by atoms with Crippen LogP contribution < -0.4 is 4.90 Å². The second-order valence-electron chi connectivity index (χ2n) is 13.2. The number of hydrogen-bond acceptors (Lipinski definition) is 7. The van der Waals surface area contributed by atoms with Crippen molar-refractivity contribution in [3.05, 3.63) is 174 Å². The predicted molar refractivity (Wildman–Crippen MR) is 213 cm³/mol. The van der Waals surface area contributed by atoms with E-state index >= 15 is 0 Å². The topological polar surface area (TPSA) is 91.0 Å². The number of hydrogen-bond donors (Lipinski definition) is 0. The average Bonchev–Trinajstić information content (AvgIpc) is 3.90. The normalized spacial score (nSPS) is 11.4. The van der Waals surface area contributed by atoms with Crippen LogP contribution in [-0.4, -0.2) is 49.1 Å². The molecule has 0 aliphatic rings. The van der Waals surface area contributed by atoms with Gasteiger partial charge in [-0.05, 0) is 64.1 Å². The zero-order valence-electron chi connectivity index (χ0n) is 31.0. The van der Waals surface area contributed by atoms with E-state index in [0.717, 1.165) is 58.3 Å². The van der Waals surface area contributed by atoms with Crippen molar-refractivity contribution in [1.82, 2.24) is 30.0 Å². The molecule has 0 aliphatic carbocycles. The van der Waals surface area contributed by atoms with Crippen LogP contribution in [0.4, 0.5) is 5.82 Å². The third-order valence-corrected chi connectivity index (χ3v) is 9.81. The summed E-state index contributed by atoms with van der Waals surface area (Å²) in [5.74, 6) is 0.956. The van der Waals surface area contributed by atoms with E-state index in [-0.39, 0.29) is 5.97 Å². The number of nitrogens with zero attached hydrogens (tertiary/aromatic N) is 7. The van der Waals surface area contributed by atoms with Crippen molar-refractivity contribution < 1.29 is 9.53 Å². The third-order valence-electron chi connectivity index (χ3n) is 9.81. The molecule has 272 valence electrons. The Labute approximate surface area is 316 Å². The first-order chi connectivity index (χ1) is 26.6. The molecule has 0 radical (unpaired) electrons. The minimum absolute atomic E-state index is 0.311. The highest BCUT2D eigenvalue weighted by atomic mass is 16.5. The maximum absolute atomic E-state index is 13.0. The molecular weight excluding hydrogens is 671 g/mol. The van der Waals surface area contributed by atoms with Crippen LogP contribution in [0.3, 0.4) is 0 Å². The summed E-state index contributed by atoms with van der Waals surface area (Å²) >= 11 is 0. The number of benzene rings is 5. The monoisotopic (exact) mass is 715 g/mol. The quantitative estimate of drug-likeness (QED) is 0.0773. The summed E-state index contributed by atoms with van der Waals surface area (Å²) in [6.45, 7) is 8.34. The van der Waals surface area contributed by atoms with Crippen LogP contribution in [0.2, 0.25) is 0 Å². The Hall–Kier alpha value is -6.35. The Morgan fingerprint density at radius 2 is 1.30 bits per heavy atom. The number of carbonyl (C=O) groups is 1. The molecule has 0 atom stereocenters. The molecule has 2 heterocycles. The first-order valence-electron chi connectivity index (χ1n) is 18.7. The molecule has 0 aliphatic heterocycles. The van der Waals surface area contributed by atoms with Gasteiger partial charge in [0.2, 0.25) is 0 Å². The Balaban J connectivity index is 1.29. The number of ether oxygens (including phenoxy) is 1. The second-order valence-corrected chi connectivity index (χ2v) is 13.2. The molecule has 0 N–H and O–H groups in total. The van der Waals surface area contributed by atoms with Crippen molar-refractivity contribution in [3.63, 3.8) is 0 Å². The fourth-order valence-electron chi connectivity index (χ4n) is 7.19. The Kier molecular flexibility index (Phi) is 11.0. The van der Waals surface area contributed by atoms with Crippen LogP contribution in [0.5, 0.6) is 0 Å². The van der Waals surface area contributed by atoms with E-state index < -0.39 is 5.54 Å². The molecule has 9 heteroatoms. The number of rotatable bonds is 15. The molecule has 0 bridgehead atoms. The Morgan fingerprint density at radius 3 is 1.85 bits per heavy atom. The highest BCUT2D eigenvalue weighted by molar-refractivity contribution is 5.94. The minimum Gasteiger partial charge on any atom is -0.462 e. The van der Waals surface area contributed by atoms with E-state index in [4.69, 9.17) is 20.1 Å². The lowest BCUT2D eigenvalue weighted by Crippen LogP contribution is -2.39. The summed E-state index contributed by atoms with van der Waals surface area (Å²) in [5.41, 5.74) is 6.82. The summed E-state index contributed by atoms with van der Waals surface area (Å²) in [7, 11) is 0. The van der Waals surface area contributed by atoms with Crippen LogP contribution in [0.1, 0.15) is 66.2 Å². The molecule has 0 amide bonds. The summed E-state index contributed by atoms with van der Waals surface area (Å²) in [4.78, 5) is 15.2. The van der Waals surface area contributed by atoms with E-state index in [1.54, 1.807) is 10.9 Å². The zero-order chi connectivity index (χ0) is 37.3. The van der Waals surface area contributed by atoms with Gasteiger partial charge in [0.05, 0.1) is 6.61 Å². The van der Waals surface area contributed by atoms with Gasteiger partial charge in [-0.2, -0.15) is 5.10 Å². The van der Waals surface area contributed by atoms with Crippen molar-refractivity contribution in [3.8, 4) is 22.5 Å². The fourth-order valence-corrected chi connectivity index (χ4v) is 7.19. The highest BCUT2D eigenvalue weighted by Gasteiger charge is 2.42. The van der Waals surface area contributed by atoms with Crippen LogP contribution >= 0.6 is 0 Å². The third kappa shape index (κ3) is 7.05. The van der Waals surface area contributed by atoms with Crippen molar-refractivity contribution in [2.24, 2.45) is 0 Å². The maximum Gasteiger partial charge on any atom is 0.343 e. The van der Waals surface area contributed by atoms with E-state index in [0.29, 0.717) is 36.9 Å². The van der Waals surface area contributed by atoms with Crippen molar-refractivity contribution in [2.75, 3.05) is 18.1 Å². The Bertz CT molecular complexity index is 2170. The molecule has 5 aromatic carbocycles. The van der Waals surface area contributed by atoms with Crippen LogP contribution in [0.25, 0.3) is 22.5 Å². The van der Waals surface area contributed by atoms with Gasteiger partial charge in [0.15, 0.2) is 11.6 Å². The number of unbranched alkanes of at least 4 members (excludes halogenated alkanes) is 1. The van der Waals surface area contributed by atoms with Gasteiger partial charge >= 0.3 is 5.97 Å². The molecule has 9 nitrogen and oxygen atoms in total. The molecule has 0 spiro atoms. The van der Waals surface area contributed by atoms with Gasteiger partial charge in [-0.1, -0.05) is 153 Å². The van der Waals surface area contributed by atoms with Gasteiger partial charge in [0, 0.05) is 31.4 Å². The molecule has 0 unspecified atom stereocenters. The van der Waals surface area contributed by atoms with Crippen LogP contribution in [0, 0.1) is 0 Å². The van der Waals surface area contributed by atoms with Crippen LogP contribution in [0.15, 0.2) is 146 Å². The van der Waals surface area contributed by atoms with Crippen molar-refractivity contribution in [1.29, 1.82) is 0 Å². The van der Waals surface area contributed by atoms with E-state index in [9.17, 15) is 4.79 Å². The number of carbonyl (C=O) groups excluding carboxylic acids is 1. The average molecular weight is 716 g/mol. The van der Waals surface area contributed by atoms with E-state index in [2.05, 4.69) is 126 Å². The summed E-state index contributed by atoms with van der Waals surface area (Å²) in [6, 6.07) is 48.2. The largest absolute Gasteiger partial charge is 0.462 e. The summed E-state index contributed by atoms with van der Waals surface area (Å²) in [5, 5.41) is 18.6. The Morgan fingerprint density at radius 1 is 0.722 bits per heavy atom. The van der Waals surface area contributed by atoms with E-state index in [1.165, 1.54) is 0 Å². The van der Waals surface area contributed by atoms with Gasteiger partial charge in [-0.3, -0.25) is 4.68 Å². The summed E-state index contributed by atoms with van der Waals surface area (Å²) in [6.07, 6.45) is 3.79. The lowest BCUT2D eigenvalue weighted by Gasteiger charge is -2.36. The molecular formula is C45H45N7O2. The number of anilines is 1. The molecule has 0 fully saturated rings. The summed E-state index contributed by atoms with van der Waals surface area (Å²) < 4.78 is 9.18. The lowest BCUT2D eigenvalue weighted by molar-refractivity contribution is 0.0527. The lowest BCUT2D eigenvalue weighted by atomic mass is 9.77. The zero-order valence-corrected chi connectivity index (χ0v) is 31.0. The first kappa shape index (κ1) is 36.0. The minimum atomic E-state index is -0.866. The van der Waals surface area contributed by atoms with Crippen LogP contribution in [-0.2, 0) is 23.4 Å². The van der Waals surface area contributed by atoms with Crippen molar-refractivity contribution >= 4 is 11.8 Å². The fraction of sp³-hybridized carbons (Fsp3) is 0.222. The SMILES string of the molecule is CCCCN(Cc1ccc(-c2ccccc2-c2nnnn2C(c2ccccc2)(c2ccccc2)c2ccccc2)cc1)c1nn(CC)cc1C(=O)OCC. The first-order valence-corrected chi connectivity index (χ1v) is 18.7. The highest BCUT2D eigenvalue weighted by Crippen LogP contribution is 2.43. The van der Waals surface area contributed by atoms with E-state index in [1.807, 2.05) is 48.9 Å². The molecule has 54 heavy (non-hydrogen) atoms. The standard InChI is InChI=1S/C45H45N7O2/c1-4-7-31-50(43-41(44(53)54-6-3)33-51(5-2)47-43)32-34-27-29-35(30-28-34)39-25-17-18-26-40(39)42-46-48-49-52(42)45(36-19-11-8-12-20-36,37-21-13-9-14-22-37)38-23-15-10-16-24-38/h8-30,33H,4-7,31-32H2,1-3H3. The van der Waals surface area contributed by atoms with Gasteiger partial charge in [-0.15, -0.1) is 5.10 Å². The van der Waals surface area contributed by atoms with Gasteiger partial charge in [0.25, 0.3) is 0 Å². The molecule has 2 aromatic heterocycles. The maximum atomic E-state index is 13.0. The van der Waals surface area contributed by atoms with Gasteiger partial charge in [-0.25, -0.2) is 9.48 Å². The van der Waals surface area contributed by atoms with Gasteiger partial charge < -0.3 is 9.64 Å². The van der Waals surface area contributed by atoms with Crippen molar-refractivity contribution in [2.45, 2.75) is 52.2 Å². The number of tetrazole rings is 1. The second kappa shape index (κ2) is 16.5. The predicted octanol–water partition coefficient (Wildman–Crippen LogP) is 9.05. The number of esters is 1. The van der Waals surface area contributed by atoms with Gasteiger partial charge in [0.1, 0.15) is 11.1 Å². The molecule has 0 saturated carbocycles.